The van der Waals surface area contributed by atoms with Crippen LogP contribution in [0.4, 0.5) is 0 Å². The lowest BCUT2D eigenvalue weighted by Gasteiger charge is -2.11. The van der Waals surface area contributed by atoms with Gasteiger partial charge in [-0.2, -0.15) is 0 Å². The second-order valence-electron chi connectivity index (χ2n) is 6.89. The van der Waals surface area contributed by atoms with Gasteiger partial charge >= 0.3 is 0 Å². The number of rotatable bonds is 8. The van der Waals surface area contributed by atoms with Crippen LogP contribution in [0.2, 0.25) is 0 Å². The Labute approximate surface area is 176 Å². The largest absolute Gasteiger partial charge is 0.497 e. The van der Waals surface area contributed by atoms with Gasteiger partial charge in [0, 0.05) is 28.3 Å². The van der Waals surface area contributed by atoms with Crippen molar-refractivity contribution in [3.8, 4) is 11.5 Å². The first-order chi connectivity index (χ1) is 13.8. The van der Waals surface area contributed by atoms with Crippen LogP contribution >= 0.6 is 11.8 Å². The Hall–Kier alpha value is -2.16. The molecule has 8 heteroatoms. The first-order valence-electron chi connectivity index (χ1n) is 9.15. The number of thioether (sulfide) groups is 1. The highest BCUT2D eigenvalue weighted by molar-refractivity contribution is 7.99. The van der Waals surface area contributed by atoms with Crippen LogP contribution < -0.4 is 9.47 Å². The third kappa shape index (κ3) is 4.24. The molecule has 0 radical (unpaired) electrons. The van der Waals surface area contributed by atoms with E-state index >= 15 is 0 Å². The fourth-order valence-electron chi connectivity index (χ4n) is 3.14. The summed E-state index contributed by atoms with van der Waals surface area (Å²) in [4.78, 5) is 3.28. The summed E-state index contributed by atoms with van der Waals surface area (Å²) < 4.78 is 38.9. The van der Waals surface area contributed by atoms with Gasteiger partial charge in [-0.05, 0) is 63.5 Å². The average Bonchev–Trinajstić information content (AvgIpc) is 2.99. The molecule has 29 heavy (non-hydrogen) atoms. The normalized spacial score (nSPS) is 11.9. The van der Waals surface area contributed by atoms with E-state index in [9.17, 15) is 8.42 Å². The number of nitrogens with zero attached hydrogens (tertiary/aromatic N) is 2. The minimum absolute atomic E-state index is 0.221. The maximum Gasteiger partial charge on any atom is 0.268 e. The van der Waals surface area contributed by atoms with Gasteiger partial charge in [-0.25, -0.2) is 12.4 Å². The molecule has 0 aliphatic rings. The van der Waals surface area contributed by atoms with Crippen molar-refractivity contribution in [2.24, 2.45) is 0 Å². The van der Waals surface area contributed by atoms with Crippen LogP contribution in [0.15, 0.2) is 52.3 Å². The zero-order chi connectivity index (χ0) is 21.2. The third-order valence-corrected chi connectivity index (χ3v) is 7.69. The van der Waals surface area contributed by atoms with E-state index in [4.69, 9.17) is 9.47 Å². The summed E-state index contributed by atoms with van der Waals surface area (Å²) in [5.74, 6) is 2.17. The van der Waals surface area contributed by atoms with Gasteiger partial charge in [0.1, 0.15) is 11.5 Å². The molecule has 3 rings (SSSR count). The maximum absolute atomic E-state index is 13.5. The van der Waals surface area contributed by atoms with Crippen LogP contribution in [0.25, 0.3) is 10.9 Å². The fourth-order valence-corrected chi connectivity index (χ4v) is 6.04. The molecule has 156 valence electrons. The molecule has 0 bridgehead atoms. The van der Waals surface area contributed by atoms with Gasteiger partial charge in [0.2, 0.25) is 0 Å². The zero-order valence-electron chi connectivity index (χ0n) is 17.3. The molecule has 6 nitrogen and oxygen atoms in total. The Morgan fingerprint density at radius 2 is 1.62 bits per heavy atom. The molecule has 0 saturated heterocycles. The Bertz CT molecular complexity index is 1100. The number of benzene rings is 2. The first kappa shape index (κ1) is 21.5. The fraction of sp³-hybridized carbons (Fsp3) is 0.333. The van der Waals surface area contributed by atoms with Crippen LogP contribution in [0.5, 0.6) is 11.5 Å². The third-order valence-electron chi connectivity index (χ3n) is 4.68. The molecule has 0 aliphatic carbocycles. The lowest BCUT2D eigenvalue weighted by molar-refractivity contribution is 0.414. The number of hydrogen-bond acceptors (Lipinski definition) is 6. The average molecular weight is 435 g/mol. The smallest absolute Gasteiger partial charge is 0.268 e. The highest BCUT2D eigenvalue weighted by Gasteiger charge is 2.25. The van der Waals surface area contributed by atoms with Crippen molar-refractivity contribution in [3.05, 3.63) is 48.2 Å². The quantitative estimate of drug-likeness (QED) is 0.502. The molecule has 0 aliphatic heterocycles. The molecule has 1 heterocycles. The summed E-state index contributed by atoms with van der Waals surface area (Å²) in [6.45, 7) is 2.75. The van der Waals surface area contributed by atoms with E-state index in [0.29, 0.717) is 22.7 Å². The van der Waals surface area contributed by atoms with E-state index in [-0.39, 0.29) is 4.90 Å². The van der Waals surface area contributed by atoms with Gasteiger partial charge in [0.15, 0.2) is 0 Å². The monoisotopic (exact) mass is 434 g/mol. The molecule has 0 saturated carbocycles. The molecule has 0 atom stereocenters. The van der Waals surface area contributed by atoms with E-state index < -0.39 is 10.0 Å². The number of methoxy groups -OCH3 is 2. The lowest BCUT2D eigenvalue weighted by atomic mass is 10.2. The Morgan fingerprint density at radius 1 is 1.00 bits per heavy atom. The molecule has 0 N–H and O–H groups in total. The SMILES string of the molecule is COc1ccc(S(=O)(=O)n2c(C)c(SCCN(C)C)c3cc(OC)ccc32)cc1. The predicted molar refractivity (Wildman–Crippen MR) is 118 cm³/mol. The first-order valence-corrected chi connectivity index (χ1v) is 11.6. The summed E-state index contributed by atoms with van der Waals surface area (Å²) in [5.41, 5.74) is 1.35. The van der Waals surface area contributed by atoms with Gasteiger partial charge in [-0.3, -0.25) is 0 Å². The van der Waals surface area contributed by atoms with E-state index in [2.05, 4.69) is 4.90 Å². The summed E-state index contributed by atoms with van der Waals surface area (Å²) in [5, 5.41) is 0.877. The summed E-state index contributed by atoms with van der Waals surface area (Å²) in [7, 11) is 3.44. The number of ether oxygens (including phenoxy) is 2. The number of hydrogen-bond donors (Lipinski definition) is 0. The molecular weight excluding hydrogens is 408 g/mol. The lowest BCUT2D eigenvalue weighted by Crippen LogP contribution is -2.15. The second-order valence-corrected chi connectivity index (χ2v) is 9.79. The minimum Gasteiger partial charge on any atom is -0.497 e. The topological polar surface area (TPSA) is 60.8 Å². The molecule has 0 spiro atoms. The van der Waals surface area contributed by atoms with Crippen LogP contribution in [-0.4, -0.2) is 57.9 Å². The van der Waals surface area contributed by atoms with Gasteiger partial charge in [0.05, 0.1) is 24.6 Å². The predicted octanol–water partition coefficient (Wildman–Crippen LogP) is 3.86. The molecule has 1 aromatic heterocycles. The second kappa shape index (κ2) is 8.69. The van der Waals surface area contributed by atoms with Gasteiger partial charge in [-0.1, -0.05) is 0 Å². The zero-order valence-corrected chi connectivity index (χ0v) is 18.9. The van der Waals surface area contributed by atoms with Crippen molar-refractivity contribution >= 4 is 32.7 Å². The van der Waals surface area contributed by atoms with Crippen molar-refractivity contribution in [1.82, 2.24) is 8.87 Å². The van der Waals surface area contributed by atoms with Crippen molar-refractivity contribution in [3.63, 3.8) is 0 Å². The van der Waals surface area contributed by atoms with Crippen LogP contribution in [-0.2, 0) is 10.0 Å². The van der Waals surface area contributed by atoms with Crippen molar-refractivity contribution in [1.29, 1.82) is 0 Å². The minimum atomic E-state index is -3.76. The van der Waals surface area contributed by atoms with Crippen LogP contribution in [0.1, 0.15) is 5.69 Å². The van der Waals surface area contributed by atoms with Gasteiger partial charge < -0.3 is 14.4 Å². The van der Waals surface area contributed by atoms with E-state index in [0.717, 1.165) is 22.6 Å². The Balaban J connectivity index is 2.16. The van der Waals surface area contributed by atoms with Crippen molar-refractivity contribution in [2.75, 3.05) is 40.6 Å². The van der Waals surface area contributed by atoms with Crippen molar-refractivity contribution in [2.45, 2.75) is 16.7 Å². The molecule has 0 fully saturated rings. The maximum atomic E-state index is 13.5. The standard InChI is InChI=1S/C21H26N2O4S2/c1-15-21(28-13-12-22(2)3)19-14-17(27-5)8-11-20(19)23(15)29(24,25)18-9-6-16(26-4)7-10-18/h6-11,14H,12-13H2,1-5H3. The van der Waals surface area contributed by atoms with Gasteiger partial charge in [-0.15, -0.1) is 11.8 Å². The summed E-state index contributed by atoms with van der Waals surface area (Å²) >= 11 is 1.66. The molecule has 2 aromatic carbocycles. The van der Waals surface area contributed by atoms with E-state index in [1.54, 1.807) is 62.4 Å². The van der Waals surface area contributed by atoms with E-state index in [1.165, 1.54) is 3.97 Å². The van der Waals surface area contributed by atoms with Gasteiger partial charge in [0.25, 0.3) is 10.0 Å². The van der Waals surface area contributed by atoms with E-state index in [1.807, 2.05) is 27.1 Å². The molecule has 0 unspecified atom stereocenters. The van der Waals surface area contributed by atoms with Crippen molar-refractivity contribution < 1.29 is 17.9 Å². The molecular formula is C21H26N2O4S2. The van der Waals surface area contributed by atoms with Crippen LogP contribution in [0.3, 0.4) is 0 Å². The molecule has 3 aromatic rings. The Morgan fingerprint density at radius 3 is 2.21 bits per heavy atom. The van der Waals surface area contributed by atoms with Crippen LogP contribution in [0, 0.1) is 6.92 Å². The summed E-state index contributed by atoms with van der Waals surface area (Å²) in [6.07, 6.45) is 0. The highest BCUT2D eigenvalue weighted by Crippen LogP contribution is 2.38. The number of aromatic nitrogens is 1. The molecule has 0 amide bonds. The Kier molecular flexibility index (Phi) is 6.45. The number of fused-ring (bicyclic) bond motifs is 1. The highest BCUT2D eigenvalue weighted by atomic mass is 32.2. The summed E-state index contributed by atoms with van der Waals surface area (Å²) in [6, 6.07) is 12.0.